The number of phenols is 1. The average Bonchev–Trinajstić information content (AvgIpc) is 2.99. The Balaban J connectivity index is 1.59. The summed E-state index contributed by atoms with van der Waals surface area (Å²) in [4.78, 5) is 13.8. The maximum atomic E-state index is 13.8. The van der Waals surface area contributed by atoms with Crippen LogP contribution in [0, 0.1) is 0 Å². The molecule has 5 rings (SSSR count). The largest absolute Gasteiger partial charge is 0.507 e. The van der Waals surface area contributed by atoms with Gasteiger partial charge in [-0.2, -0.15) is 0 Å². The van der Waals surface area contributed by atoms with Gasteiger partial charge < -0.3 is 69.0 Å². The molecule has 2 aromatic carbocycles. The van der Waals surface area contributed by atoms with Crippen molar-refractivity contribution in [3.63, 3.8) is 0 Å². The van der Waals surface area contributed by atoms with Gasteiger partial charge in [-0.3, -0.25) is 4.79 Å². The van der Waals surface area contributed by atoms with Gasteiger partial charge in [0.2, 0.25) is 23.8 Å². The lowest BCUT2D eigenvalue weighted by molar-refractivity contribution is -0.277. The maximum Gasteiger partial charge on any atom is 0.239 e. The second-order valence-corrected chi connectivity index (χ2v) is 10.2. The van der Waals surface area contributed by atoms with Crippen LogP contribution in [0.1, 0.15) is 6.92 Å². The Hall–Kier alpha value is -3.51. The van der Waals surface area contributed by atoms with Gasteiger partial charge in [0, 0.05) is 17.7 Å². The molecule has 2 fully saturated rings. The quantitative estimate of drug-likeness (QED) is 0.153. The molecule has 0 aliphatic carbocycles. The van der Waals surface area contributed by atoms with Crippen LogP contribution < -0.4 is 19.6 Å². The van der Waals surface area contributed by atoms with E-state index < -0.39 is 84.9 Å². The molecule has 10 atom stereocenters. The molecule has 15 nitrogen and oxygen atoms in total. The van der Waals surface area contributed by atoms with Crippen LogP contribution in [-0.4, -0.2) is 116 Å². The van der Waals surface area contributed by atoms with Crippen LogP contribution in [-0.2, 0) is 9.47 Å². The second kappa shape index (κ2) is 12.2. The average molecular weight is 609 g/mol. The van der Waals surface area contributed by atoms with Crippen LogP contribution in [0.2, 0.25) is 0 Å². The zero-order chi connectivity index (χ0) is 31.2. The molecule has 3 heterocycles. The summed E-state index contributed by atoms with van der Waals surface area (Å²) >= 11 is 0. The van der Waals surface area contributed by atoms with Crippen molar-refractivity contribution in [3.05, 3.63) is 46.6 Å². The van der Waals surface area contributed by atoms with Gasteiger partial charge >= 0.3 is 0 Å². The molecule has 0 amide bonds. The Kier molecular flexibility index (Phi) is 8.80. The van der Waals surface area contributed by atoms with Crippen molar-refractivity contribution in [2.75, 3.05) is 13.7 Å². The highest BCUT2D eigenvalue weighted by Crippen LogP contribution is 2.38. The van der Waals surface area contributed by atoms with Crippen LogP contribution in [0.25, 0.3) is 22.3 Å². The molecule has 8 N–H and O–H groups in total. The molecule has 0 radical (unpaired) electrons. The van der Waals surface area contributed by atoms with Crippen molar-refractivity contribution >= 4 is 11.0 Å². The third-order valence-electron chi connectivity index (χ3n) is 7.40. The smallest absolute Gasteiger partial charge is 0.239 e. The van der Waals surface area contributed by atoms with Crippen molar-refractivity contribution < 1.29 is 69.0 Å². The molecule has 43 heavy (non-hydrogen) atoms. The molecule has 2 aliphatic heterocycles. The Bertz CT molecular complexity index is 1490. The lowest BCUT2D eigenvalue weighted by Gasteiger charge is -2.39. The van der Waals surface area contributed by atoms with Crippen molar-refractivity contribution in [2.24, 2.45) is 0 Å². The summed E-state index contributed by atoms with van der Waals surface area (Å²) in [6, 6.07) is 8.45. The van der Waals surface area contributed by atoms with E-state index in [1.165, 1.54) is 32.2 Å². The minimum atomic E-state index is -1.85. The number of hydrogen-bond acceptors (Lipinski definition) is 15. The van der Waals surface area contributed by atoms with Gasteiger partial charge in [-0.25, -0.2) is 0 Å². The summed E-state index contributed by atoms with van der Waals surface area (Å²) in [5.74, 6) is -1.03. The number of fused-ring (bicyclic) bond motifs is 1. The number of ether oxygens (including phenoxy) is 5. The molecule has 0 bridgehead atoms. The lowest BCUT2D eigenvalue weighted by atomic mass is 9.99. The number of aliphatic hydroxyl groups excluding tert-OH is 7. The van der Waals surface area contributed by atoms with Crippen LogP contribution in [0.4, 0.5) is 0 Å². The number of hydrogen-bond donors (Lipinski definition) is 8. The predicted molar refractivity (Wildman–Crippen MR) is 144 cm³/mol. The summed E-state index contributed by atoms with van der Waals surface area (Å²) in [7, 11) is 1.45. The van der Waals surface area contributed by atoms with Gasteiger partial charge in [-0.15, -0.1) is 0 Å². The number of aromatic hydroxyl groups is 1. The van der Waals surface area contributed by atoms with E-state index in [1.54, 1.807) is 12.1 Å². The molecule has 0 unspecified atom stereocenters. The van der Waals surface area contributed by atoms with Gasteiger partial charge in [0.25, 0.3) is 0 Å². The van der Waals surface area contributed by atoms with Crippen molar-refractivity contribution in [3.8, 4) is 34.3 Å². The highest BCUT2D eigenvalue weighted by molar-refractivity contribution is 5.88. The van der Waals surface area contributed by atoms with E-state index >= 15 is 0 Å². The maximum absolute atomic E-state index is 13.8. The zero-order valence-corrected chi connectivity index (χ0v) is 22.9. The van der Waals surface area contributed by atoms with Gasteiger partial charge in [0.15, 0.2) is 5.76 Å². The van der Waals surface area contributed by atoms with E-state index in [0.29, 0.717) is 5.75 Å². The summed E-state index contributed by atoms with van der Waals surface area (Å²) in [5, 5.41) is 81.2. The standard InChI is InChI=1S/C28H32O15/c1-10-18(31)21(34)23(36)27(39-10)40-13-7-14(30)17-15(8-13)41-25(11-3-5-12(38-2)6-4-11)26(20(17)33)43-28-24(37)22(35)19(32)16(9-29)42-28/h3-8,10,16,18-19,21-24,27-32,34-37H,9H2,1-2H3/t10-,16-,18+,19-,21-,22+,23-,24-,27+,28-/m1/s1. The molecule has 234 valence electrons. The van der Waals surface area contributed by atoms with E-state index in [0.717, 1.165) is 6.07 Å². The first-order valence-corrected chi connectivity index (χ1v) is 13.3. The number of benzene rings is 2. The number of rotatable bonds is 7. The highest BCUT2D eigenvalue weighted by atomic mass is 16.7. The summed E-state index contributed by atoms with van der Waals surface area (Å²) in [5.41, 5.74) is -0.845. The first kappa shape index (κ1) is 30.9. The van der Waals surface area contributed by atoms with E-state index in [1.807, 2.05) is 0 Å². The van der Waals surface area contributed by atoms with Crippen LogP contribution >= 0.6 is 0 Å². The Morgan fingerprint density at radius 2 is 1.42 bits per heavy atom. The molecule has 15 heteroatoms. The number of phenolic OH excluding ortho intramolecular Hbond substituents is 1. The van der Waals surface area contributed by atoms with Crippen LogP contribution in [0.3, 0.4) is 0 Å². The third-order valence-corrected chi connectivity index (χ3v) is 7.40. The molecule has 2 aliphatic rings. The Morgan fingerprint density at radius 3 is 2.05 bits per heavy atom. The predicted octanol–water partition coefficient (Wildman–Crippen LogP) is -1.44. The normalized spacial score (nSPS) is 32.9. The zero-order valence-electron chi connectivity index (χ0n) is 22.9. The molecular weight excluding hydrogens is 576 g/mol. The molecule has 2 saturated heterocycles. The van der Waals surface area contributed by atoms with Crippen molar-refractivity contribution in [1.29, 1.82) is 0 Å². The van der Waals surface area contributed by atoms with E-state index in [2.05, 4.69) is 0 Å². The molecule has 0 saturated carbocycles. The molecule has 0 spiro atoms. The summed E-state index contributed by atoms with van der Waals surface area (Å²) in [6.45, 7) is 0.728. The Labute approximate surface area is 243 Å². The van der Waals surface area contributed by atoms with Gasteiger partial charge in [-0.05, 0) is 31.2 Å². The molecule has 1 aromatic heterocycles. The first-order chi connectivity index (χ1) is 20.4. The minimum Gasteiger partial charge on any atom is -0.507 e. The first-order valence-electron chi connectivity index (χ1n) is 13.3. The summed E-state index contributed by atoms with van der Waals surface area (Å²) < 4.78 is 33.4. The fourth-order valence-corrected chi connectivity index (χ4v) is 4.89. The minimum absolute atomic E-state index is 0.128. The summed E-state index contributed by atoms with van der Waals surface area (Å²) in [6.07, 6.45) is -15.3. The lowest BCUT2D eigenvalue weighted by Crippen LogP contribution is -2.60. The second-order valence-electron chi connectivity index (χ2n) is 10.2. The fraction of sp³-hybridized carbons (Fsp3) is 0.464. The van der Waals surface area contributed by atoms with E-state index in [9.17, 15) is 45.6 Å². The number of methoxy groups -OCH3 is 1. The molecule has 3 aromatic rings. The molecular formula is C28H32O15. The van der Waals surface area contributed by atoms with Crippen LogP contribution in [0.15, 0.2) is 45.6 Å². The van der Waals surface area contributed by atoms with Gasteiger partial charge in [0.1, 0.15) is 70.9 Å². The van der Waals surface area contributed by atoms with Crippen molar-refractivity contribution in [2.45, 2.75) is 68.3 Å². The Morgan fingerprint density at radius 1 is 0.791 bits per heavy atom. The third kappa shape index (κ3) is 5.74. The topological polar surface area (TPSA) is 238 Å². The van der Waals surface area contributed by atoms with E-state index in [4.69, 9.17) is 28.1 Å². The van der Waals surface area contributed by atoms with Gasteiger partial charge in [0.05, 0.1) is 19.8 Å². The fourth-order valence-electron chi connectivity index (χ4n) is 4.89. The SMILES string of the molecule is COc1ccc(-c2oc3cc(O[C@@H]4O[C@H](C)[C@H](O)[C@@H](O)[C@H]4O)cc(O)c3c(=O)c2O[C@H]2O[C@H](CO)[C@@H](O)[C@H](O)[C@H]2O)cc1. The van der Waals surface area contributed by atoms with Gasteiger partial charge in [-0.1, -0.05) is 0 Å². The van der Waals surface area contributed by atoms with Crippen LogP contribution in [0.5, 0.6) is 23.0 Å². The number of aliphatic hydroxyl groups is 7. The monoisotopic (exact) mass is 608 g/mol. The highest BCUT2D eigenvalue weighted by Gasteiger charge is 2.46. The van der Waals surface area contributed by atoms with E-state index in [-0.39, 0.29) is 28.0 Å². The van der Waals surface area contributed by atoms with Crippen molar-refractivity contribution in [1.82, 2.24) is 0 Å².